The smallest absolute Gasteiger partial charge is 0.225 e. The summed E-state index contributed by atoms with van der Waals surface area (Å²) in [6, 6.07) is -0.114. The largest absolute Gasteiger partial charge is 0.394 e. The summed E-state index contributed by atoms with van der Waals surface area (Å²) in [6.07, 6.45) is 1.14. The minimum absolute atomic E-state index is 0.00693. The molecule has 15 heavy (non-hydrogen) atoms. The van der Waals surface area contributed by atoms with Crippen LogP contribution in [0.5, 0.6) is 0 Å². The van der Waals surface area contributed by atoms with E-state index in [2.05, 4.69) is 0 Å². The standard InChI is InChI=1S/C11H21NO3/c1-4-15-11-6-5-10(14)12(11)9(7-13)8(2)3/h8-9,11,13H,4-7H2,1-3H3/t9-,11+/m1/s1. The molecule has 4 nitrogen and oxygen atoms in total. The van der Waals surface area contributed by atoms with E-state index >= 15 is 0 Å². The number of hydrogen-bond acceptors (Lipinski definition) is 3. The van der Waals surface area contributed by atoms with E-state index in [4.69, 9.17) is 4.74 Å². The van der Waals surface area contributed by atoms with Crippen molar-refractivity contribution in [2.45, 2.75) is 45.9 Å². The van der Waals surface area contributed by atoms with E-state index in [-0.39, 0.29) is 30.7 Å². The highest BCUT2D eigenvalue weighted by molar-refractivity contribution is 5.78. The van der Waals surface area contributed by atoms with Crippen molar-refractivity contribution in [3.8, 4) is 0 Å². The zero-order valence-corrected chi connectivity index (χ0v) is 9.77. The zero-order chi connectivity index (χ0) is 11.4. The average Bonchev–Trinajstić information content (AvgIpc) is 2.51. The van der Waals surface area contributed by atoms with Gasteiger partial charge in [0.05, 0.1) is 12.6 Å². The summed E-state index contributed by atoms with van der Waals surface area (Å²) < 4.78 is 5.51. The van der Waals surface area contributed by atoms with Crippen LogP contribution in [0.4, 0.5) is 0 Å². The second kappa shape index (κ2) is 5.47. The maximum Gasteiger partial charge on any atom is 0.225 e. The predicted molar refractivity (Wildman–Crippen MR) is 57.2 cm³/mol. The number of carbonyl (C=O) groups excluding carboxylic acids is 1. The van der Waals surface area contributed by atoms with Gasteiger partial charge in [-0.3, -0.25) is 4.79 Å². The third-order valence-electron chi connectivity index (χ3n) is 2.88. The SMILES string of the molecule is CCO[C@H]1CCC(=O)N1[C@H](CO)C(C)C. The summed E-state index contributed by atoms with van der Waals surface area (Å²) >= 11 is 0. The van der Waals surface area contributed by atoms with E-state index in [0.29, 0.717) is 13.0 Å². The van der Waals surface area contributed by atoms with Gasteiger partial charge in [-0.15, -0.1) is 0 Å². The molecule has 0 radical (unpaired) electrons. The van der Waals surface area contributed by atoms with Crippen LogP contribution in [0, 0.1) is 5.92 Å². The first-order valence-corrected chi connectivity index (χ1v) is 5.65. The van der Waals surface area contributed by atoms with E-state index < -0.39 is 0 Å². The van der Waals surface area contributed by atoms with Crippen LogP contribution in [0.25, 0.3) is 0 Å². The van der Waals surface area contributed by atoms with E-state index in [9.17, 15) is 9.90 Å². The molecule has 1 aliphatic rings. The first kappa shape index (κ1) is 12.5. The Hall–Kier alpha value is -0.610. The fourth-order valence-corrected chi connectivity index (χ4v) is 2.05. The van der Waals surface area contributed by atoms with Crippen LogP contribution in [0.2, 0.25) is 0 Å². The molecule has 2 atom stereocenters. The predicted octanol–water partition coefficient (Wildman–Crippen LogP) is 0.988. The van der Waals surface area contributed by atoms with Crippen LogP contribution in [-0.4, -0.2) is 41.4 Å². The zero-order valence-electron chi connectivity index (χ0n) is 9.77. The number of hydrogen-bond donors (Lipinski definition) is 1. The Labute approximate surface area is 91.2 Å². The Morgan fingerprint density at radius 1 is 1.60 bits per heavy atom. The number of nitrogens with zero attached hydrogens (tertiary/aromatic N) is 1. The lowest BCUT2D eigenvalue weighted by Crippen LogP contribution is -2.47. The van der Waals surface area contributed by atoms with Crippen LogP contribution >= 0.6 is 0 Å². The lowest BCUT2D eigenvalue weighted by Gasteiger charge is -2.34. The summed E-state index contributed by atoms with van der Waals surface area (Å²) in [6.45, 7) is 6.55. The Morgan fingerprint density at radius 2 is 2.27 bits per heavy atom. The number of ether oxygens (including phenoxy) is 1. The van der Waals surface area contributed by atoms with E-state index in [1.54, 1.807) is 4.90 Å². The van der Waals surface area contributed by atoms with E-state index in [0.717, 1.165) is 6.42 Å². The van der Waals surface area contributed by atoms with Crippen molar-refractivity contribution in [3.05, 3.63) is 0 Å². The lowest BCUT2D eigenvalue weighted by molar-refractivity contribution is -0.144. The highest BCUT2D eigenvalue weighted by Crippen LogP contribution is 2.25. The molecule has 0 bridgehead atoms. The van der Waals surface area contributed by atoms with Crippen LogP contribution in [0.3, 0.4) is 0 Å². The third-order valence-corrected chi connectivity index (χ3v) is 2.88. The Bertz CT molecular complexity index is 218. The van der Waals surface area contributed by atoms with Gasteiger partial charge in [0.15, 0.2) is 0 Å². The van der Waals surface area contributed by atoms with E-state index in [1.165, 1.54) is 0 Å². The number of carbonyl (C=O) groups is 1. The number of rotatable bonds is 5. The van der Waals surface area contributed by atoms with Gasteiger partial charge in [-0.25, -0.2) is 0 Å². The monoisotopic (exact) mass is 215 g/mol. The molecule has 88 valence electrons. The van der Waals surface area contributed by atoms with Gasteiger partial charge in [0.2, 0.25) is 5.91 Å². The summed E-state index contributed by atoms with van der Waals surface area (Å²) in [4.78, 5) is 13.4. The van der Waals surface area contributed by atoms with Gasteiger partial charge in [0, 0.05) is 19.4 Å². The molecular weight excluding hydrogens is 194 g/mol. The summed E-state index contributed by atoms with van der Waals surface area (Å²) in [5, 5.41) is 9.31. The molecule has 0 saturated carbocycles. The van der Waals surface area contributed by atoms with Crippen LogP contribution < -0.4 is 0 Å². The van der Waals surface area contributed by atoms with Crippen LogP contribution in [0.1, 0.15) is 33.6 Å². The minimum Gasteiger partial charge on any atom is -0.394 e. The molecule has 1 N–H and O–H groups in total. The molecule has 0 aromatic rings. The van der Waals surface area contributed by atoms with Crippen LogP contribution in [0.15, 0.2) is 0 Å². The fraction of sp³-hybridized carbons (Fsp3) is 0.909. The Morgan fingerprint density at radius 3 is 2.73 bits per heavy atom. The molecule has 1 amide bonds. The van der Waals surface area contributed by atoms with Gasteiger partial charge in [0.25, 0.3) is 0 Å². The van der Waals surface area contributed by atoms with Gasteiger partial charge in [0.1, 0.15) is 6.23 Å². The van der Waals surface area contributed by atoms with Crippen molar-refractivity contribution in [1.82, 2.24) is 4.90 Å². The molecular formula is C11H21NO3. The Balaban J connectivity index is 2.73. The maximum absolute atomic E-state index is 11.7. The normalized spacial score (nSPS) is 23.9. The Kier molecular flexibility index (Phi) is 4.54. The number of likely N-dealkylation sites (tertiary alicyclic amines) is 1. The van der Waals surface area contributed by atoms with Crippen molar-refractivity contribution >= 4 is 5.91 Å². The van der Waals surface area contributed by atoms with Gasteiger partial charge in [-0.1, -0.05) is 13.8 Å². The average molecular weight is 215 g/mol. The maximum atomic E-state index is 11.7. The molecule has 0 aliphatic carbocycles. The molecule has 0 aromatic heterocycles. The first-order valence-electron chi connectivity index (χ1n) is 5.65. The molecule has 0 spiro atoms. The topological polar surface area (TPSA) is 49.8 Å². The van der Waals surface area contributed by atoms with Crippen molar-refractivity contribution in [2.75, 3.05) is 13.2 Å². The summed E-state index contributed by atoms with van der Waals surface area (Å²) in [5.74, 6) is 0.348. The van der Waals surface area contributed by atoms with Crippen molar-refractivity contribution in [1.29, 1.82) is 0 Å². The van der Waals surface area contributed by atoms with Crippen molar-refractivity contribution < 1.29 is 14.6 Å². The molecule has 1 rings (SSSR count). The van der Waals surface area contributed by atoms with Gasteiger partial charge < -0.3 is 14.7 Å². The van der Waals surface area contributed by atoms with Crippen molar-refractivity contribution in [2.24, 2.45) is 5.92 Å². The second-order valence-electron chi connectivity index (χ2n) is 4.24. The highest BCUT2D eigenvalue weighted by atomic mass is 16.5. The lowest BCUT2D eigenvalue weighted by atomic mass is 10.0. The number of aliphatic hydroxyl groups is 1. The molecule has 0 unspecified atom stereocenters. The fourth-order valence-electron chi connectivity index (χ4n) is 2.05. The van der Waals surface area contributed by atoms with E-state index in [1.807, 2.05) is 20.8 Å². The molecule has 1 fully saturated rings. The summed E-state index contributed by atoms with van der Waals surface area (Å²) in [7, 11) is 0. The molecule has 0 aromatic carbocycles. The first-order chi connectivity index (χ1) is 7.11. The minimum atomic E-state index is -0.137. The highest BCUT2D eigenvalue weighted by Gasteiger charge is 2.37. The molecule has 4 heteroatoms. The second-order valence-corrected chi connectivity index (χ2v) is 4.24. The van der Waals surface area contributed by atoms with Crippen molar-refractivity contribution in [3.63, 3.8) is 0 Å². The van der Waals surface area contributed by atoms with Gasteiger partial charge in [-0.05, 0) is 12.8 Å². The molecule has 1 aliphatic heterocycles. The number of amides is 1. The number of aliphatic hydroxyl groups excluding tert-OH is 1. The third kappa shape index (κ3) is 2.69. The van der Waals surface area contributed by atoms with Gasteiger partial charge >= 0.3 is 0 Å². The van der Waals surface area contributed by atoms with Gasteiger partial charge in [-0.2, -0.15) is 0 Å². The molecule has 1 heterocycles. The van der Waals surface area contributed by atoms with Crippen LogP contribution in [-0.2, 0) is 9.53 Å². The quantitative estimate of drug-likeness (QED) is 0.744. The summed E-state index contributed by atoms with van der Waals surface area (Å²) in [5.41, 5.74) is 0. The molecule has 1 saturated heterocycles.